The van der Waals surface area contributed by atoms with E-state index >= 15 is 0 Å². The van der Waals surface area contributed by atoms with Gasteiger partial charge in [0.1, 0.15) is 5.25 Å². The van der Waals surface area contributed by atoms with E-state index in [1.165, 1.54) is 11.8 Å². The molecule has 1 unspecified atom stereocenters. The minimum absolute atomic E-state index is 0.0521. The average molecular weight is 266 g/mol. The number of esters is 1. The quantitative estimate of drug-likeness (QED) is 0.717. The molecule has 0 aliphatic carbocycles. The zero-order valence-corrected chi connectivity index (χ0v) is 11.8. The topological polar surface area (TPSA) is 53.3 Å². The Morgan fingerprint density at radius 2 is 2.39 bits per heavy atom. The first-order chi connectivity index (χ1) is 8.46. The van der Waals surface area contributed by atoms with Crippen LogP contribution in [0.15, 0.2) is 10.6 Å². The zero-order chi connectivity index (χ0) is 13.3. The van der Waals surface area contributed by atoms with Crippen LogP contribution in [-0.2, 0) is 9.53 Å². The summed E-state index contributed by atoms with van der Waals surface area (Å²) in [6.45, 7) is 8.11. The lowest BCUT2D eigenvalue weighted by Crippen LogP contribution is -2.38. The minimum Gasteiger partial charge on any atom is -0.463 e. The molecule has 1 saturated heterocycles. The molecule has 0 radical (unpaired) electrons. The number of hydrogen-bond acceptors (Lipinski definition) is 5. The lowest BCUT2D eigenvalue weighted by Gasteiger charge is -2.37. The van der Waals surface area contributed by atoms with Crippen molar-refractivity contribution in [1.29, 1.82) is 5.26 Å². The van der Waals surface area contributed by atoms with Gasteiger partial charge in [0.2, 0.25) is 0 Å². The van der Waals surface area contributed by atoms with E-state index in [0.717, 1.165) is 23.6 Å². The van der Waals surface area contributed by atoms with Crippen LogP contribution in [-0.4, -0.2) is 35.8 Å². The summed E-state index contributed by atoms with van der Waals surface area (Å²) in [4.78, 5) is 14.2. The second-order valence-electron chi connectivity index (χ2n) is 5.46. The van der Waals surface area contributed by atoms with Gasteiger partial charge in [-0.05, 0) is 18.8 Å². The van der Waals surface area contributed by atoms with Crippen LogP contribution in [0.1, 0.15) is 27.2 Å². The van der Waals surface area contributed by atoms with Gasteiger partial charge in [0.15, 0.2) is 0 Å². The molecule has 1 atom stereocenters. The van der Waals surface area contributed by atoms with Gasteiger partial charge in [0, 0.05) is 13.1 Å². The molecule has 18 heavy (non-hydrogen) atoms. The molecule has 0 aromatic rings. The number of nitriles is 1. The van der Waals surface area contributed by atoms with Gasteiger partial charge in [-0.3, -0.25) is 0 Å². The third-order valence-corrected chi connectivity index (χ3v) is 4.39. The molecule has 2 rings (SSSR count). The van der Waals surface area contributed by atoms with Crippen molar-refractivity contribution in [2.24, 2.45) is 5.41 Å². The molecule has 0 aromatic heterocycles. The van der Waals surface area contributed by atoms with Crippen molar-refractivity contribution in [3.8, 4) is 6.07 Å². The summed E-state index contributed by atoms with van der Waals surface area (Å²) in [6, 6.07) is 2.27. The lowest BCUT2D eigenvalue weighted by molar-refractivity contribution is -0.139. The van der Waals surface area contributed by atoms with Crippen LogP contribution in [0.5, 0.6) is 0 Å². The Morgan fingerprint density at radius 3 is 3.00 bits per heavy atom. The Kier molecular flexibility index (Phi) is 3.58. The van der Waals surface area contributed by atoms with Crippen LogP contribution in [0, 0.1) is 16.7 Å². The SMILES string of the molecule is CCOC(=O)C1=C2SC(C#N)CN2CC(C)(C)C1. The fraction of sp³-hybridized carbons (Fsp3) is 0.692. The van der Waals surface area contributed by atoms with Gasteiger partial charge >= 0.3 is 5.97 Å². The predicted octanol–water partition coefficient (Wildman–Crippen LogP) is 2.13. The Balaban J connectivity index is 2.32. The molecule has 2 heterocycles. The Bertz CT molecular complexity index is 437. The summed E-state index contributed by atoms with van der Waals surface area (Å²) in [5.41, 5.74) is 0.798. The molecule has 4 nitrogen and oxygen atoms in total. The van der Waals surface area contributed by atoms with Gasteiger partial charge in [0.25, 0.3) is 0 Å². The van der Waals surface area contributed by atoms with E-state index in [1.807, 2.05) is 6.92 Å². The van der Waals surface area contributed by atoms with Crippen LogP contribution in [0.2, 0.25) is 0 Å². The third-order valence-electron chi connectivity index (χ3n) is 3.13. The normalized spacial score (nSPS) is 25.7. The highest BCUT2D eigenvalue weighted by Gasteiger charge is 2.41. The van der Waals surface area contributed by atoms with Gasteiger partial charge in [0.05, 0.1) is 23.3 Å². The highest BCUT2D eigenvalue weighted by atomic mass is 32.2. The molecular formula is C13H18N2O2S. The van der Waals surface area contributed by atoms with Gasteiger partial charge in [-0.15, -0.1) is 0 Å². The van der Waals surface area contributed by atoms with E-state index in [4.69, 9.17) is 10.00 Å². The summed E-state index contributed by atoms with van der Waals surface area (Å²) in [7, 11) is 0. The number of nitrogens with zero attached hydrogens (tertiary/aromatic N) is 2. The molecule has 0 spiro atoms. The predicted molar refractivity (Wildman–Crippen MR) is 70.6 cm³/mol. The number of carbonyl (C=O) groups excluding carboxylic acids is 1. The number of ether oxygens (including phenoxy) is 1. The third kappa shape index (κ3) is 2.49. The number of fused-ring (bicyclic) bond motifs is 1. The number of rotatable bonds is 2. The van der Waals surface area contributed by atoms with E-state index in [1.54, 1.807) is 0 Å². The van der Waals surface area contributed by atoms with Crippen LogP contribution in [0.25, 0.3) is 0 Å². The van der Waals surface area contributed by atoms with Gasteiger partial charge in [-0.25, -0.2) is 4.79 Å². The monoisotopic (exact) mass is 266 g/mol. The Hall–Kier alpha value is -1.15. The summed E-state index contributed by atoms with van der Waals surface area (Å²) >= 11 is 1.50. The maximum atomic E-state index is 12.0. The van der Waals surface area contributed by atoms with E-state index in [9.17, 15) is 4.79 Å². The highest BCUT2D eigenvalue weighted by Crippen LogP contribution is 2.45. The average Bonchev–Trinajstić information content (AvgIpc) is 2.69. The molecule has 0 saturated carbocycles. The van der Waals surface area contributed by atoms with E-state index in [0.29, 0.717) is 13.2 Å². The first kappa shape index (κ1) is 13.3. The van der Waals surface area contributed by atoms with Crippen LogP contribution < -0.4 is 0 Å². The fourth-order valence-corrected chi connectivity index (χ4v) is 3.66. The molecule has 0 amide bonds. The zero-order valence-electron chi connectivity index (χ0n) is 11.0. The molecule has 2 aliphatic heterocycles. The molecule has 0 aromatic carbocycles. The fourth-order valence-electron chi connectivity index (χ4n) is 2.50. The maximum absolute atomic E-state index is 12.0. The van der Waals surface area contributed by atoms with Crippen molar-refractivity contribution in [2.45, 2.75) is 32.4 Å². The summed E-state index contributed by atoms with van der Waals surface area (Å²) < 4.78 is 5.13. The van der Waals surface area contributed by atoms with Crippen molar-refractivity contribution in [1.82, 2.24) is 4.90 Å². The van der Waals surface area contributed by atoms with E-state index in [-0.39, 0.29) is 16.6 Å². The Morgan fingerprint density at radius 1 is 1.67 bits per heavy atom. The Labute approximate surface area is 112 Å². The smallest absolute Gasteiger partial charge is 0.336 e. The summed E-state index contributed by atoms with van der Waals surface area (Å²) in [5, 5.41) is 9.92. The molecular weight excluding hydrogens is 248 g/mol. The summed E-state index contributed by atoms with van der Waals surface area (Å²) in [5.74, 6) is -0.226. The van der Waals surface area contributed by atoms with Gasteiger partial charge in [-0.1, -0.05) is 25.6 Å². The number of thioether (sulfide) groups is 1. The van der Waals surface area contributed by atoms with Crippen LogP contribution >= 0.6 is 11.8 Å². The number of carbonyl (C=O) groups is 1. The highest BCUT2D eigenvalue weighted by molar-refractivity contribution is 8.04. The molecule has 5 heteroatoms. The first-order valence-corrected chi connectivity index (χ1v) is 7.06. The second-order valence-corrected chi connectivity index (χ2v) is 6.65. The van der Waals surface area contributed by atoms with Crippen molar-refractivity contribution in [3.63, 3.8) is 0 Å². The molecule has 98 valence electrons. The standard InChI is InChI=1S/C13H18N2O2S/c1-4-17-12(16)10-5-13(2,3)8-15-7-9(6-14)18-11(10)15/h9H,4-5,7-8H2,1-3H3. The molecule has 2 aliphatic rings. The maximum Gasteiger partial charge on any atom is 0.336 e. The van der Waals surface area contributed by atoms with Crippen molar-refractivity contribution in [2.75, 3.05) is 19.7 Å². The van der Waals surface area contributed by atoms with Crippen LogP contribution in [0.3, 0.4) is 0 Å². The number of hydrogen-bond donors (Lipinski definition) is 0. The second kappa shape index (κ2) is 4.85. The summed E-state index contributed by atoms with van der Waals surface area (Å²) in [6.07, 6.45) is 0.725. The van der Waals surface area contributed by atoms with Crippen molar-refractivity contribution >= 4 is 17.7 Å². The molecule has 0 N–H and O–H groups in total. The molecule has 1 fully saturated rings. The van der Waals surface area contributed by atoms with E-state index in [2.05, 4.69) is 24.8 Å². The van der Waals surface area contributed by atoms with Gasteiger partial charge in [-0.2, -0.15) is 5.26 Å². The largest absolute Gasteiger partial charge is 0.463 e. The van der Waals surface area contributed by atoms with Crippen molar-refractivity contribution < 1.29 is 9.53 Å². The molecule has 0 bridgehead atoms. The first-order valence-electron chi connectivity index (χ1n) is 6.18. The van der Waals surface area contributed by atoms with E-state index < -0.39 is 0 Å². The minimum atomic E-state index is -0.226. The van der Waals surface area contributed by atoms with Gasteiger partial charge < -0.3 is 9.64 Å². The van der Waals surface area contributed by atoms with Crippen molar-refractivity contribution in [3.05, 3.63) is 10.6 Å². The van der Waals surface area contributed by atoms with Crippen LogP contribution in [0.4, 0.5) is 0 Å². The lowest BCUT2D eigenvalue weighted by atomic mass is 9.82.